The second kappa shape index (κ2) is 13.7. The summed E-state index contributed by atoms with van der Waals surface area (Å²) in [5.41, 5.74) is 2.14. The molecule has 4 amide bonds. The SMILES string of the molecule is CN(C)CCC(NC(=O)NCc1ccncc1)c1ccc(C(=O)Nc2cscc2NC(=O)OC(C)(C)C)nc1. The van der Waals surface area contributed by atoms with Gasteiger partial charge >= 0.3 is 12.1 Å². The maximum atomic E-state index is 12.9. The quantitative estimate of drug-likeness (QED) is 0.287. The van der Waals surface area contributed by atoms with Crippen molar-refractivity contribution in [3.8, 4) is 0 Å². The maximum Gasteiger partial charge on any atom is 0.412 e. The fraction of sp³-hybridized carbons (Fsp3) is 0.370. The van der Waals surface area contributed by atoms with E-state index in [0.717, 1.165) is 17.7 Å². The van der Waals surface area contributed by atoms with Gasteiger partial charge in [-0.1, -0.05) is 6.07 Å². The lowest BCUT2D eigenvalue weighted by Crippen LogP contribution is -2.38. The summed E-state index contributed by atoms with van der Waals surface area (Å²) in [5.74, 6) is -0.430. The van der Waals surface area contributed by atoms with E-state index in [0.29, 0.717) is 24.3 Å². The summed E-state index contributed by atoms with van der Waals surface area (Å²) in [6.07, 6.45) is 4.98. The Morgan fingerprint density at radius 2 is 1.72 bits per heavy atom. The Bertz CT molecular complexity index is 1240. The lowest BCUT2D eigenvalue weighted by Gasteiger charge is -2.21. The zero-order chi connectivity index (χ0) is 28.4. The first-order valence-electron chi connectivity index (χ1n) is 12.4. The fourth-order valence-electron chi connectivity index (χ4n) is 3.44. The number of anilines is 2. The largest absolute Gasteiger partial charge is 0.444 e. The number of aromatic nitrogens is 2. The van der Waals surface area contributed by atoms with Crippen molar-refractivity contribution in [1.82, 2.24) is 25.5 Å². The zero-order valence-electron chi connectivity index (χ0n) is 22.8. The van der Waals surface area contributed by atoms with E-state index in [1.165, 1.54) is 11.3 Å². The highest BCUT2D eigenvalue weighted by molar-refractivity contribution is 7.09. The molecule has 208 valence electrons. The van der Waals surface area contributed by atoms with E-state index < -0.39 is 17.6 Å². The molecule has 0 aromatic carbocycles. The highest BCUT2D eigenvalue weighted by Crippen LogP contribution is 2.28. The Labute approximate surface area is 232 Å². The zero-order valence-corrected chi connectivity index (χ0v) is 23.6. The van der Waals surface area contributed by atoms with Gasteiger partial charge in [-0.15, -0.1) is 11.3 Å². The smallest absolute Gasteiger partial charge is 0.412 e. The standard InChI is InChI=1S/C27H35N7O4S/c1-27(2,3)38-26(37)33-23-17-39-16-22(23)31-24(35)21-7-6-19(15-29-21)20(10-13-34(4)5)32-25(36)30-14-18-8-11-28-12-9-18/h6-9,11-12,15-17,20H,10,13-14H2,1-5H3,(H,31,35)(H,33,37)(H2,30,32,36). The predicted octanol–water partition coefficient (Wildman–Crippen LogP) is 4.63. The van der Waals surface area contributed by atoms with Crippen molar-refractivity contribution in [1.29, 1.82) is 0 Å². The molecule has 1 atom stereocenters. The van der Waals surface area contributed by atoms with Gasteiger partial charge in [-0.05, 0) is 77.2 Å². The first-order valence-corrected chi connectivity index (χ1v) is 13.4. The number of urea groups is 1. The van der Waals surface area contributed by atoms with Crippen LogP contribution >= 0.6 is 11.3 Å². The minimum atomic E-state index is -0.644. The van der Waals surface area contributed by atoms with Gasteiger partial charge in [-0.25, -0.2) is 9.59 Å². The van der Waals surface area contributed by atoms with Crippen LogP contribution in [-0.4, -0.2) is 59.1 Å². The Balaban J connectivity index is 1.63. The molecule has 0 aliphatic rings. The van der Waals surface area contributed by atoms with E-state index >= 15 is 0 Å². The third kappa shape index (κ3) is 9.98. The van der Waals surface area contributed by atoms with E-state index in [1.54, 1.807) is 62.3 Å². The van der Waals surface area contributed by atoms with Crippen LogP contribution in [0.3, 0.4) is 0 Å². The molecule has 0 saturated heterocycles. The normalized spacial score (nSPS) is 11.9. The number of pyridine rings is 2. The molecule has 0 aliphatic carbocycles. The van der Waals surface area contributed by atoms with Gasteiger partial charge in [-0.3, -0.25) is 20.1 Å². The minimum Gasteiger partial charge on any atom is -0.444 e. The lowest BCUT2D eigenvalue weighted by molar-refractivity contribution is 0.0635. The van der Waals surface area contributed by atoms with Crippen molar-refractivity contribution in [2.75, 3.05) is 31.3 Å². The topological polar surface area (TPSA) is 138 Å². The van der Waals surface area contributed by atoms with Crippen LogP contribution in [0.25, 0.3) is 0 Å². The monoisotopic (exact) mass is 553 g/mol. The van der Waals surface area contributed by atoms with Crippen molar-refractivity contribution in [3.63, 3.8) is 0 Å². The third-order valence-electron chi connectivity index (χ3n) is 5.34. The van der Waals surface area contributed by atoms with Crippen molar-refractivity contribution < 1.29 is 19.1 Å². The molecule has 11 nitrogen and oxygen atoms in total. The van der Waals surface area contributed by atoms with E-state index in [1.807, 2.05) is 31.1 Å². The molecule has 4 N–H and O–H groups in total. The maximum absolute atomic E-state index is 12.9. The van der Waals surface area contributed by atoms with Gasteiger partial charge < -0.3 is 25.6 Å². The number of carbonyl (C=O) groups is 3. The van der Waals surface area contributed by atoms with Crippen LogP contribution in [0.4, 0.5) is 21.0 Å². The number of rotatable bonds is 10. The first kappa shape index (κ1) is 29.5. The molecular formula is C27H35N7O4S. The number of hydrogen-bond acceptors (Lipinski definition) is 8. The van der Waals surface area contributed by atoms with Crippen LogP contribution in [0.15, 0.2) is 53.6 Å². The van der Waals surface area contributed by atoms with E-state index in [4.69, 9.17) is 4.74 Å². The van der Waals surface area contributed by atoms with Crippen LogP contribution in [0.2, 0.25) is 0 Å². The Morgan fingerprint density at radius 1 is 1.03 bits per heavy atom. The van der Waals surface area contributed by atoms with E-state index in [9.17, 15) is 14.4 Å². The molecule has 0 spiro atoms. The molecule has 0 fully saturated rings. The van der Waals surface area contributed by atoms with Crippen LogP contribution in [0, 0.1) is 0 Å². The Hall–Kier alpha value is -4.03. The summed E-state index contributed by atoms with van der Waals surface area (Å²) in [7, 11) is 3.92. The van der Waals surface area contributed by atoms with Gasteiger partial charge in [-0.2, -0.15) is 0 Å². The molecule has 3 rings (SSSR count). The molecule has 0 bridgehead atoms. The third-order valence-corrected chi connectivity index (χ3v) is 6.08. The molecule has 0 radical (unpaired) electrons. The number of ether oxygens (including phenoxy) is 1. The minimum absolute atomic E-state index is 0.196. The molecular weight excluding hydrogens is 518 g/mol. The van der Waals surface area contributed by atoms with Crippen LogP contribution in [0.1, 0.15) is 54.8 Å². The van der Waals surface area contributed by atoms with Gasteiger partial charge in [0.1, 0.15) is 11.3 Å². The van der Waals surface area contributed by atoms with Gasteiger partial charge in [0, 0.05) is 35.9 Å². The number of thiophene rings is 1. The van der Waals surface area contributed by atoms with Crippen molar-refractivity contribution in [3.05, 3.63) is 70.4 Å². The molecule has 0 saturated carbocycles. The summed E-state index contributed by atoms with van der Waals surface area (Å²) < 4.78 is 5.28. The van der Waals surface area contributed by atoms with Crippen LogP contribution in [-0.2, 0) is 11.3 Å². The Morgan fingerprint density at radius 3 is 2.33 bits per heavy atom. The van der Waals surface area contributed by atoms with Gasteiger partial charge in [0.25, 0.3) is 5.91 Å². The molecule has 3 aromatic heterocycles. The fourth-order valence-corrected chi connectivity index (χ4v) is 4.15. The first-order chi connectivity index (χ1) is 18.5. The van der Waals surface area contributed by atoms with E-state index in [-0.39, 0.29) is 17.8 Å². The van der Waals surface area contributed by atoms with Gasteiger partial charge in [0.15, 0.2) is 0 Å². The average Bonchev–Trinajstić information content (AvgIpc) is 3.30. The van der Waals surface area contributed by atoms with Crippen LogP contribution in [0.5, 0.6) is 0 Å². The lowest BCUT2D eigenvalue weighted by atomic mass is 10.1. The average molecular weight is 554 g/mol. The summed E-state index contributed by atoms with van der Waals surface area (Å²) in [6.45, 7) is 6.43. The number of amides is 4. The summed E-state index contributed by atoms with van der Waals surface area (Å²) in [4.78, 5) is 47.9. The van der Waals surface area contributed by atoms with Gasteiger partial charge in [0.2, 0.25) is 0 Å². The highest BCUT2D eigenvalue weighted by Gasteiger charge is 2.20. The summed E-state index contributed by atoms with van der Waals surface area (Å²) in [5, 5.41) is 14.7. The number of carbonyl (C=O) groups excluding carboxylic acids is 3. The molecule has 39 heavy (non-hydrogen) atoms. The van der Waals surface area contributed by atoms with Crippen molar-refractivity contribution >= 4 is 40.7 Å². The second-order valence-corrected chi connectivity index (χ2v) is 10.8. The number of nitrogens with zero attached hydrogens (tertiary/aromatic N) is 3. The molecule has 3 heterocycles. The van der Waals surface area contributed by atoms with E-state index in [2.05, 4.69) is 31.2 Å². The highest BCUT2D eigenvalue weighted by atomic mass is 32.1. The second-order valence-electron chi connectivity index (χ2n) is 10.1. The summed E-state index contributed by atoms with van der Waals surface area (Å²) in [6, 6.07) is 6.44. The molecule has 3 aromatic rings. The molecule has 0 aliphatic heterocycles. The predicted molar refractivity (Wildman–Crippen MR) is 152 cm³/mol. The van der Waals surface area contributed by atoms with Crippen molar-refractivity contribution in [2.45, 2.75) is 45.4 Å². The van der Waals surface area contributed by atoms with Gasteiger partial charge in [0.05, 0.1) is 17.4 Å². The van der Waals surface area contributed by atoms with Crippen molar-refractivity contribution in [2.24, 2.45) is 0 Å². The van der Waals surface area contributed by atoms with Crippen LogP contribution < -0.4 is 21.3 Å². The Kier molecular flexibility index (Phi) is 10.4. The molecule has 1 unspecified atom stereocenters. The molecule has 12 heteroatoms. The number of nitrogens with one attached hydrogen (secondary N) is 4. The number of hydrogen-bond donors (Lipinski definition) is 4. The summed E-state index contributed by atoms with van der Waals surface area (Å²) >= 11 is 1.33.